The minimum absolute atomic E-state index is 0.760. The molecule has 0 aromatic heterocycles. The van der Waals surface area contributed by atoms with Crippen molar-refractivity contribution in [2.45, 2.75) is 20.0 Å². The lowest BCUT2D eigenvalue weighted by atomic mass is 10.1. The molecule has 0 radical (unpaired) electrons. The molecule has 0 unspecified atom stereocenters. The van der Waals surface area contributed by atoms with Crippen LogP contribution in [0.4, 0.5) is 5.69 Å². The molecule has 0 aliphatic carbocycles. The third kappa shape index (κ3) is 4.50. The van der Waals surface area contributed by atoms with E-state index in [4.69, 9.17) is 4.74 Å². The van der Waals surface area contributed by atoms with E-state index in [1.54, 1.807) is 7.11 Å². The first kappa shape index (κ1) is 15.4. The van der Waals surface area contributed by atoms with Crippen molar-refractivity contribution in [2.75, 3.05) is 26.5 Å². The number of anilines is 1. The molecule has 2 aromatic rings. The Labute approximate surface area is 127 Å². The van der Waals surface area contributed by atoms with E-state index in [1.807, 2.05) is 6.07 Å². The van der Waals surface area contributed by atoms with E-state index in [1.165, 1.54) is 16.7 Å². The normalized spacial score (nSPS) is 10.7. The van der Waals surface area contributed by atoms with Crippen LogP contribution in [0.25, 0.3) is 0 Å². The van der Waals surface area contributed by atoms with Crippen molar-refractivity contribution in [3.63, 3.8) is 0 Å². The highest BCUT2D eigenvalue weighted by Gasteiger charge is 2.04. The number of nitrogens with zero attached hydrogens (tertiary/aromatic N) is 1. The van der Waals surface area contributed by atoms with Gasteiger partial charge in [0.05, 0.1) is 7.11 Å². The Balaban J connectivity index is 2.07. The summed E-state index contributed by atoms with van der Waals surface area (Å²) in [4.78, 5) is 2.17. The summed E-state index contributed by atoms with van der Waals surface area (Å²) in [6, 6.07) is 14.8. The standard InChI is InChI=1S/C18H24N2O/c1-14-8-9-18(21-4)16(10-14)12-19-17-7-5-6-15(11-17)13-20(2)3/h5-11,19H,12-13H2,1-4H3. The first-order valence-corrected chi connectivity index (χ1v) is 7.19. The van der Waals surface area contributed by atoms with E-state index >= 15 is 0 Å². The van der Waals surface area contributed by atoms with Crippen LogP contribution in [0.3, 0.4) is 0 Å². The molecule has 0 saturated carbocycles. The molecule has 2 aromatic carbocycles. The van der Waals surface area contributed by atoms with Crippen LogP contribution < -0.4 is 10.1 Å². The van der Waals surface area contributed by atoms with Crippen molar-refractivity contribution in [3.05, 3.63) is 59.2 Å². The lowest BCUT2D eigenvalue weighted by Crippen LogP contribution is -2.10. The SMILES string of the molecule is COc1ccc(C)cc1CNc1cccc(CN(C)C)c1. The highest BCUT2D eigenvalue weighted by molar-refractivity contribution is 5.48. The van der Waals surface area contributed by atoms with Crippen LogP contribution in [0.15, 0.2) is 42.5 Å². The van der Waals surface area contributed by atoms with Gasteiger partial charge in [0.25, 0.3) is 0 Å². The van der Waals surface area contributed by atoms with Crippen molar-refractivity contribution < 1.29 is 4.74 Å². The van der Waals surface area contributed by atoms with Gasteiger partial charge in [-0.1, -0.05) is 29.8 Å². The molecule has 3 nitrogen and oxygen atoms in total. The Bertz CT molecular complexity index is 594. The van der Waals surface area contributed by atoms with Gasteiger partial charge in [-0.15, -0.1) is 0 Å². The van der Waals surface area contributed by atoms with Crippen LogP contribution in [0, 0.1) is 6.92 Å². The van der Waals surface area contributed by atoms with Crippen LogP contribution >= 0.6 is 0 Å². The van der Waals surface area contributed by atoms with Crippen LogP contribution in [-0.4, -0.2) is 26.1 Å². The van der Waals surface area contributed by atoms with Gasteiger partial charge in [-0.25, -0.2) is 0 Å². The smallest absolute Gasteiger partial charge is 0.123 e. The predicted molar refractivity (Wildman–Crippen MR) is 88.9 cm³/mol. The van der Waals surface area contributed by atoms with Crippen LogP contribution in [-0.2, 0) is 13.1 Å². The second-order valence-corrected chi connectivity index (χ2v) is 5.61. The minimum atomic E-state index is 0.760. The average Bonchev–Trinajstić information content (AvgIpc) is 2.45. The molecule has 0 atom stereocenters. The third-order valence-corrected chi connectivity index (χ3v) is 3.34. The molecule has 21 heavy (non-hydrogen) atoms. The van der Waals surface area contributed by atoms with E-state index < -0.39 is 0 Å². The number of methoxy groups -OCH3 is 1. The van der Waals surface area contributed by atoms with Crippen LogP contribution in [0.2, 0.25) is 0 Å². The number of benzene rings is 2. The Hall–Kier alpha value is -2.00. The Morgan fingerprint density at radius 2 is 1.90 bits per heavy atom. The van der Waals surface area contributed by atoms with Crippen molar-refractivity contribution in [1.82, 2.24) is 4.90 Å². The minimum Gasteiger partial charge on any atom is -0.496 e. The summed E-state index contributed by atoms with van der Waals surface area (Å²) < 4.78 is 5.42. The zero-order valence-corrected chi connectivity index (χ0v) is 13.3. The number of rotatable bonds is 6. The highest BCUT2D eigenvalue weighted by Crippen LogP contribution is 2.21. The quantitative estimate of drug-likeness (QED) is 0.876. The second kappa shape index (κ2) is 7.14. The maximum absolute atomic E-state index is 5.42. The molecule has 3 heteroatoms. The Morgan fingerprint density at radius 1 is 1.10 bits per heavy atom. The van der Waals surface area contributed by atoms with Gasteiger partial charge in [0.2, 0.25) is 0 Å². The number of hydrogen-bond acceptors (Lipinski definition) is 3. The van der Waals surface area contributed by atoms with Crippen molar-refractivity contribution >= 4 is 5.69 Å². The molecule has 0 spiro atoms. The lowest BCUT2D eigenvalue weighted by Gasteiger charge is -2.14. The third-order valence-electron chi connectivity index (χ3n) is 3.34. The summed E-state index contributed by atoms with van der Waals surface area (Å²) in [5, 5.41) is 3.48. The topological polar surface area (TPSA) is 24.5 Å². The summed E-state index contributed by atoms with van der Waals surface area (Å²) in [5.74, 6) is 0.928. The summed E-state index contributed by atoms with van der Waals surface area (Å²) in [6.07, 6.45) is 0. The lowest BCUT2D eigenvalue weighted by molar-refractivity contribution is 0.402. The molecular weight excluding hydrogens is 260 g/mol. The fourth-order valence-electron chi connectivity index (χ4n) is 2.39. The second-order valence-electron chi connectivity index (χ2n) is 5.61. The van der Waals surface area contributed by atoms with Gasteiger partial charge < -0.3 is 15.0 Å². The maximum Gasteiger partial charge on any atom is 0.123 e. The van der Waals surface area contributed by atoms with Crippen molar-refractivity contribution in [1.29, 1.82) is 0 Å². The van der Waals surface area contributed by atoms with E-state index in [-0.39, 0.29) is 0 Å². The van der Waals surface area contributed by atoms with Gasteiger partial charge in [-0.05, 0) is 44.8 Å². The highest BCUT2D eigenvalue weighted by atomic mass is 16.5. The summed E-state index contributed by atoms with van der Waals surface area (Å²) in [5.41, 5.74) is 4.86. The Kier molecular flexibility index (Phi) is 5.23. The summed E-state index contributed by atoms with van der Waals surface area (Å²) >= 11 is 0. The molecule has 0 amide bonds. The molecule has 0 fully saturated rings. The largest absolute Gasteiger partial charge is 0.496 e. The molecule has 0 aliphatic heterocycles. The van der Waals surface area contributed by atoms with Crippen LogP contribution in [0.5, 0.6) is 5.75 Å². The van der Waals surface area contributed by atoms with E-state index in [0.29, 0.717) is 0 Å². The van der Waals surface area contributed by atoms with Gasteiger partial charge in [-0.2, -0.15) is 0 Å². The molecule has 2 rings (SSSR count). The van der Waals surface area contributed by atoms with Crippen molar-refractivity contribution in [3.8, 4) is 5.75 Å². The first-order valence-electron chi connectivity index (χ1n) is 7.19. The van der Waals surface area contributed by atoms with E-state index in [2.05, 4.69) is 67.6 Å². The van der Waals surface area contributed by atoms with E-state index in [0.717, 1.165) is 24.5 Å². The molecule has 112 valence electrons. The number of nitrogens with one attached hydrogen (secondary N) is 1. The summed E-state index contributed by atoms with van der Waals surface area (Å²) in [7, 11) is 5.88. The number of hydrogen-bond donors (Lipinski definition) is 1. The van der Waals surface area contributed by atoms with E-state index in [9.17, 15) is 0 Å². The molecule has 0 heterocycles. The van der Waals surface area contributed by atoms with Gasteiger partial charge in [0, 0.05) is 24.3 Å². The fraction of sp³-hybridized carbons (Fsp3) is 0.333. The predicted octanol–water partition coefficient (Wildman–Crippen LogP) is 3.68. The van der Waals surface area contributed by atoms with Crippen LogP contribution in [0.1, 0.15) is 16.7 Å². The first-order chi connectivity index (χ1) is 10.1. The zero-order chi connectivity index (χ0) is 15.2. The number of ether oxygens (including phenoxy) is 1. The molecule has 0 aliphatic rings. The molecular formula is C18H24N2O. The maximum atomic E-state index is 5.42. The number of aryl methyl sites for hydroxylation is 1. The monoisotopic (exact) mass is 284 g/mol. The molecule has 0 saturated heterocycles. The van der Waals surface area contributed by atoms with Crippen molar-refractivity contribution in [2.24, 2.45) is 0 Å². The van der Waals surface area contributed by atoms with Gasteiger partial charge in [0.1, 0.15) is 5.75 Å². The Morgan fingerprint density at radius 3 is 2.62 bits per heavy atom. The van der Waals surface area contributed by atoms with Gasteiger partial charge in [-0.3, -0.25) is 0 Å². The molecule has 0 bridgehead atoms. The fourth-order valence-corrected chi connectivity index (χ4v) is 2.39. The summed E-state index contributed by atoms with van der Waals surface area (Å²) in [6.45, 7) is 3.81. The average molecular weight is 284 g/mol. The molecule has 1 N–H and O–H groups in total. The zero-order valence-electron chi connectivity index (χ0n) is 13.3. The van der Waals surface area contributed by atoms with Gasteiger partial charge in [0.15, 0.2) is 0 Å². The van der Waals surface area contributed by atoms with Gasteiger partial charge >= 0.3 is 0 Å².